The van der Waals surface area contributed by atoms with Gasteiger partial charge in [-0.3, -0.25) is 20.2 Å². The van der Waals surface area contributed by atoms with Crippen molar-refractivity contribution in [3.05, 3.63) is 62.5 Å². The number of nitrogens with zero attached hydrogens (tertiary/aromatic N) is 3. The minimum Gasteiger partial charge on any atom is -0.336 e. The van der Waals surface area contributed by atoms with Gasteiger partial charge < -0.3 is 4.90 Å². The molecule has 2 aromatic rings. The number of nitro benzene ring substituents is 2. The minimum absolute atomic E-state index is 0.0576. The summed E-state index contributed by atoms with van der Waals surface area (Å²) in [6.07, 6.45) is -5.19. The first-order valence-corrected chi connectivity index (χ1v) is 9.29. The molecule has 0 fully saturated rings. The largest absolute Gasteiger partial charge is 0.418 e. The van der Waals surface area contributed by atoms with Crippen LogP contribution in [0.1, 0.15) is 5.56 Å². The molecule has 0 spiro atoms. The van der Waals surface area contributed by atoms with Crippen molar-refractivity contribution in [3.8, 4) is 0 Å². The van der Waals surface area contributed by atoms with Gasteiger partial charge in [-0.25, -0.2) is 0 Å². The third-order valence-corrected chi connectivity index (χ3v) is 6.58. The molecule has 0 aromatic heterocycles. The third kappa shape index (κ3) is 4.33. The average Bonchev–Trinajstić information content (AvgIpc) is 2.62. The van der Waals surface area contributed by atoms with E-state index < -0.39 is 38.6 Å². The molecular formula is C14H5BrCl4F3N3O4. The Morgan fingerprint density at radius 3 is 1.79 bits per heavy atom. The molecule has 0 saturated carbocycles. The quantitative estimate of drug-likeness (QED) is 0.166. The summed E-state index contributed by atoms with van der Waals surface area (Å²) in [4.78, 5) is 20.7. The molecule has 0 amide bonds. The van der Waals surface area contributed by atoms with Crippen molar-refractivity contribution < 1.29 is 23.0 Å². The predicted molar refractivity (Wildman–Crippen MR) is 107 cm³/mol. The molecule has 7 nitrogen and oxygen atoms in total. The van der Waals surface area contributed by atoms with Gasteiger partial charge in [0.2, 0.25) is 0 Å². The van der Waals surface area contributed by atoms with Crippen molar-refractivity contribution in [2.45, 2.75) is 6.18 Å². The van der Waals surface area contributed by atoms with Gasteiger partial charge in [0, 0.05) is 13.1 Å². The number of non-ortho nitro benzene ring substituents is 1. The molecule has 0 saturated heterocycles. The van der Waals surface area contributed by atoms with Crippen LogP contribution in [0.15, 0.2) is 16.6 Å². The smallest absolute Gasteiger partial charge is 0.336 e. The summed E-state index contributed by atoms with van der Waals surface area (Å²) in [5.41, 5.74) is -5.37. The first kappa shape index (κ1) is 23.7. The van der Waals surface area contributed by atoms with E-state index >= 15 is 0 Å². The Balaban J connectivity index is 2.98. The van der Waals surface area contributed by atoms with Crippen LogP contribution >= 0.6 is 62.3 Å². The summed E-state index contributed by atoms with van der Waals surface area (Å²) < 4.78 is 41.0. The highest BCUT2D eigenvalue weighted by atomic mass is 79.9. The van der Waals surface area contributed by atoms with Gasteiger partial charge in [0.15, 0.2) is 0 Å². The van der Waals surface area contributed by atoms with Crippen molar-refractivity contribution >= 4 is 85.1 Å². The van der Waals surface area contributed by atoms with Crippen molar-refractivity contribution in [3.63, 3.8) is 0 Å². The molecular weight excluding hydrogens is 553 g/mol. The van der Waals surface area contributed by atoms with Crippen molar-refractivity contribution in [2.75, 3.05) is 11.9 Å². The minimum atomic E-state index is -5.19. The van der Waals surface area contributed by atoms with Crippen LogP contribution in [0.4, 0.5) is 35.9 Å². The zero-order chi connectivity index (χ0) is 22.4. The number of benzene rings is 2. The van der Waals surface area contributed by atoms with Crippen LogP contribution in [0.2, 0.25) is 20.1 Å². The lowest BCUT2D eigenvalue weighted by molar-refractivity contribution is -0.394. The van der Waals surface area contributed by atoms with Crippen LogP contribution in [-0.2, 0) is 6.18 Å². The fraction of sp³-hybridized carbons (Fsp3) is 0.143. The van der Waals surface area contributed by atoms with Crippen molar-refractivity contribution in [2.24, 2.45) is 0 Å². The SMILES string of the molecule is CN(c1c([N+](=O)[O-])cc([N+](=O)[O-])cc1C(F)(F)F)c1c(Cl)c(Cl)c(Br)c(Cl)c1Cl. The van der Waals surface area contributed by atoms with Gasteiger partial charge in [-0.05, 0) is 15.9 Å². The number of halogens is 8. The van der Waals surface area contributed by atoms with Crippen LogP contribution in [-0.4, -0.2) is 16.9 Å². The average molecular weight is 558 g/mol. The Labute approximate surface area is 188 Å². The lowest BCUT2D eigenvalue weighted by Crippen LogP contribution is -2.19. The molecule has 0 heterocycles. The Bertz CT molecular complexity index is 1020. The van der Waals surface area contributed by atoms with Crippen LogP contribution in [0.5, 0.6) is 0 Å². The Morgan fingerprint density at radius 2 is 1.41 bits per heavy atom. The lowest BCUT2D eigenvalue weighted by atomic mass is 10.1. The molecule has 0 aliphatic rings. The number of hydrogen-bond acceptors (Lipinski definition) is 5. The second kappa shape index (κ2) is 8.31. The fourth-order valence-electron chi connectivity index (χ4n) is 2.42. The maximum absolute atomic E-state index is 13.6. The highest BCUT2D eigenvalue weighted by Crippen LogP contribution is 2.53. The van der Waals surface area contributed by atoms with E-state index in [2.05, 4.69) is 15.9 Å². The lowest BCUT2D eigenvalue weighted by Gasteiger charge is -2.26. The standard InChI is InChI=1S/C14H5BrCl4F3N3O4/c1-23(13-10(18)8(16)7(15)9(17)11(13)19)12-5(14(20,21)22)2-4(24(26)27)3-6(12)25(28)29/h2-3H,1H3. The molecule has 0 atom stereocenters. The molecule has 156 valence electrons. The normalized spacial score (nSPS) is 11.5. The highest BCUT2D eigenvalue weighted by molar-refractivity contribution is 9.10. The summed E-state index contributed by atoms with van der Waals surface area (Å²) >= 11 is 27.2. The van der Waals surface area contributed by atoms with Crippen molar-refractivity contribution in [1.82, 2.24) is 0 Å². The number of alkyl halides is 3. The number of anilines is 2. The van der Waals surface area contributed by atoms with Gasteiger partial charge in [-0.1, -0.05) is 46.4 Å². The molecule has 0 radical (unpaired) electrons. The van der Waals surface area contributed by atoms with E-state index in [1.165, 1.54) is 0 Å². The number of hydrogen-bond donors (Lipinski definition) is 0. The van der Waals surface area contributed by atoms with E-state index in [1.54, 1.807) is 0 Å². The van der Waals surface area contributed by atoms with Gasteiger partial charge in [-0.15, -0.1) is 0 Å². The van der Waals surface area contributed by atoms with E-state index in [0.29, 0.717) is 11.0 Å². The summed E-state index contributed by atoms with van der Waals surface area (Å²) in [6, 6.07) is 0.563. The third-order valence-electron chi connectivity index (χ3n) is 3.64. The molecule has 2 aromatic carbocycles. The van der Waals surface area contributed by atoms with Crippen LogP contribution in [0, 0.1) is 20.2 Å². The van der Waals surface area contributed by atoms with Crippen LogP contribution in [0.25, 0.3) is 0 Å². The first-order chi connectivity index (χ1) is 13.2. The maximum Gasteiger partial charge on any atom is 0.418 e. The van der Waals surface area contributed by atoms with E-state index in [-0.39, 0.29) is 36.3 Å². The van der Waals surface area contributed by atoms with E-state index in [1.807, 2.05) is 0 Å². The molecule has 0 bridgehead atoms. The van der Waals surface area contributed by atoms with Gasteiger partial charge in [0.05, 0.1) is 51.7 Å². The van der Waals surface area contributed by atoms with Gasteiger partial charge in [0.25, 0.3) is 11.4 Å². The van der Waals surface area contributed by atoms with E-state index in [0.717, 1.165) is 7.05 Å². The fourth-order valence-corrected chi connectivity index (χ4v) is 4.14. The summed E-state index contributed by atoms with van der Waals surface area (Å²) in [7, 11) is 0.997. The summed E-state index contributed by atoms with van der Waals surface area (Å²) in [6.45, 7) is 0. The zero-order valence-electron chi connectivity index (χ0n) is 13.7. The molecule has 0 unspecified atom stereocenters. The van der Waals surface area contributed by atoms with Gasteiger partial charge in [-0.2, -0.15) is 13.2 Å². The summed E-state index contributed by atoms with van der Waals surface area (Å²) in [5.74, 6) is 0. The summed E-state index contributed by atoms with van der Waals surface area (Å²) in [5, 5.41) is 21.3. The maximum atomic E-state index is 13.6. The van der Waals surface area contributed by atoms with Crippen LogP contribution < -0.4 is 4.90 Å². The number of nitro groups is 2. The monoisotopic (exact) mass is 555 g/mol. The molecule has 29 heavy (non-hydrogen) atoms. The molecule has 15 heteroatoms. The molecule has 2 rings (SSSR count). The van der Waals surface area contributed by atoms with Gasteiger partial charge >= 0.3 is 6.18 Å². The highest BCUT2D eigenvalue weighted by Gasteiger charge is 2.42. The Kier molecular flexibility index (Phi) is 6.80. The molecule has 0 aliphatic heterocycles. The second-order valence-electron chi connectivity index (χ2n) is 5.35. The van der Waals surface area contributed by atoms with Gasteiger partial charge in [0.1, 0.15) is 5.69 Å². The Morgan fingerprint density at radius 1 is 0.931 bits per heavy atom. The number of rotatable bonds is 4. The first-order valence-electron chi connectivity index (χ1n) is 6.99. The Hall–Kier alpha value is -1.53. The van der Waals surface area contributed by atoms with Crippen LogP contribution in [0.3, 0.4) is 0 Å². The van der Waals surface area contributed by atoms with Crippen molar-refractivity contribution in [1.29, 1.82) is 0 Å². The zero-order valence-corrected chi connectivity index (χ0v) is 18.3. The second-order valence-corrected chi connectivity index (χ2v) is 7.66. The topological polar surface area (TPSA) is 89.5 Å². The van der Waals surface area contributed by atoms with E-state index in [9.17, 15) is 33.4 Å². The molecule has 0 aliphatic carbocycles. The van der Waals surface area contributed by atoms with E-state index in [4.69, 9.17) is 46.4 Å². The predicted octanol–water partition coefficient (Wildman–Crippen LogP) is 7.67. The molecule has 0 N–H and O–H groups in total.